The number of amides is 2. The molecule has 2 N–H and O–H groups in total. The summed E-state index contributed by atoms with van der Waals surface area (Å²) in [6.07, 6.45) is 1.32. The number of carbonyl (C=O) groups is 2. The molecule has 3 rings (SSSR count). The van der Waals surface area contributed by atoms with E-state index < -0.39 is 24.2 Å². The van der Waals surface area contributed by atoms with Crippen LogP contribution in [0.2, 0.25) is 0 Å². The second-order valence-electron chi connectivity index (χ2n) is 7.16. The van der Waals surface area contributed by atoms with Gasteiger partial charge in [0.15, 0.2) is 5.69 Å². The lowest BCUT2D eigenvalue weighted by Gasteiger charge is -2.13. The largest absolute Gasteiger partial charge is 0.489 e. The third-order valence-corrected chi connectivity index (χ3v) is 4.69. The van der Waals surface area contributed by atoms with Gasteiger partial charge in [0.05, 0.1) is 19.4 Å². The molecule has 1 aromatic heterocycles. The summed E-state index contributed by atoms with van der Waals surface area (Å²) >= 11 is 0. The smallest absolute Gasteiger partial charge is 0.273 e. The molecule has 12 heteroatoms. The van der Waals surface area contributed by atoms with Crippen LogP contribution in [0.4, 0.5) is 13.2 Å². The minimum Gasteiger partial charge on any atom is -0.489 e. The fraction of sp³-hybridized carbons (Fsp3) is 0.304. The first-order valence-electron chi connectivity index (χ1n) is 10.8. The highest BCUT2D eigenvalue weighted by Gasteiger charge is 2.17. The first kappa shape index (κ1) is 25.7. The van der Waals surface area contributed by atoms with E-state index in [-0.39, 0.29) is 49.3 Å². The van der Waals surface area contributed by atoms with E-state index in [1.807, 2.05) is 0 Å². The highest BCUT2D eigenvalue weighted by atomic mass is 19.1. The van der Waals surface area contributed by atoms with Crippen molar-refractivity contribution in [3.63, 3.8) is 0 Å². The van der Waals surface area contributed by atoms with Gasteiger partial charge in [-0.05, 0) is 43.3 Å². The van der Waals surface area contributed by atoms with Crippen LogP contribution in [0, 0.1) is 11.6 Å². The van der Waals surface area contributed by atoms with Crippen LogP contribution in [-0.4, -0.2) is 59.8 Å². The van der Waals surface area contributed by atoms with Crippen molar-refractivity contribution >= 4 is 11.8 Å². The quantitative estimate of drug-likeness (QED) is 0.377. The third-order valence-electron chi connectivity index (χ3n) is 4.69. The van der Waals surface area contributed by atoms with E-state index in [1.165, 1.54) is 16.9 Å². The minimum absolute atomic E-state index is 0.0163. The van der Waals surface area contributed by atoms with E-state index in [4.69, 9.17) is 9.47 Å². The molecule has 9 nitrogen and oxygen atoms in total. The molecule has 0 fully saturated rings. The maximum Gasteiger partial charge on any atom is 0.273 e. The summed E-state index contributed by atoms with van der Waals surface area (Å²) in [5, 5.41) is 12.9. The van der Waals surface area contributed by atoms with Crippen molar-refractivity contribution in [2.45, 2.75) is 13.5 Å². The Balaban J connectivity index is 1.76. The van der Waals surface area contributed by atoms with Crippen LogP contribution < -0.4 is 15.4 Å². The number of rotatable bonds is 12. The number of alkyl halides is 1. The number of carbonyl (C=O) groups excluding carboxylic acids is 2. The van der Waals surface area contributed by atoms with E-state index in [1.54, 1.807) is 19.1 Å². The van der Waals surface area contributed by atoms with Gasteiger partial charge in [0.25, 0.3) is 11.8 Å². The third kappa shape index (κ3) is 7.03. The predicted octanol–water partition coefficient (Wildman–Crippen LogP) is 2.59. The zero-order valence-electron chi connectivity index (χ0n) is 18.9. The lowest BCUT2D eigenvalue weighted by Crippen LogP contribution is -2.23. The van der Waals surface area contributed by atoms with Crippen LogP contribution in [0.5, 0.6) is 5.75 Å². The molecular formula is C23H24F3N5O4. The van der Waals surface area contributed by atoms with Gasteiger partial charge in [-0.2, -0.15) is 0 Å². The molecule has 0 aliphatic heterocycles. The van der Waals surface area contributed by atoms with Gasteiger partial charge in [-0.3, -0.25) is 9.59 Å². The Morgan fingerprint density at radius 2 is 1.86 bits per heavy atom. The number of benzene rings is 2. The van der Waals surface area contributed by atoms with E-state index >= 15 is 0 Å². The summed E-state index contributed by atoms with van der Waals surface area (Å²) in [7, 11) is 0. The normalized spacial score (nSPS) is 10.7. The van der Waals surface area contributed by atoms with Crippen LogP contribution in [0.3, 0.4) is 0 Å². The van der Waals surface area contributed by atoms with Crippen molar-refractivity contribution in [2.24, 2.45) is 0 Å². The van der Waals surface area contributed by atoms with Gasteiger partial charge < -0.3 is 20.1 Å². The summed E-state index contributed by atoms with van der Waals surface area (Å²) in [5.41, 5.74) is 0.626. The highest BCUT2D eigenvalue weighted by molar-refractivity contribution is 5.95. The number of ether oxygens (including phenoxy) is 2. The Kier molecular flexibility index (Phi) is 9.18. The van der Waals surface area contributed by atoms with Gasteiger partial charge in [0, 0.05) is 24.2 Å². The minimum atomic E-state index is -0.653. The van der Waals surface area contributed by atoms with E-state index in [0.29, 0.717) is 17.8 Å². The average Bonchev–Trinajstić information content (AvgIpc) is 3.34. The van der Waals surface area contributed by atoms with Gasteiger partial charge in [-0.15, -0.1) is 5.10 Å². The van der Waals surface area contributed by atoms with Crippen LogP contribution in [0.25, 0.3) is 5.69 Å². The molecule has 186 valence electrons. The molecule has 2 amide bonds. The molecule has 35 heavy (non-hydrogen) atoms. The summed E-state index contributed by atoms with van der Waals surface area (Å²) in [4.78, 5) is 24.7. The van der Waals surface area contributed by atoms with Gasteiger partial charge in [-0.1, -0.05) is 5.21 Å². The molecule has 0 aliphatic carbocycles. The number of halogens is 3. The molecular weight excluding hydrogens is 467 g/mol. The summed E-state index contributed by atoms with van der Waals surface area (Å²) in [5.74, 6) is -1.97. The summed E-state index contributed by atoms with van der Waals surface area (Å²) in [6, 6.07) is 7.58. The zero-order chi connectivity index (χ0) is 25.2. The average molecular weight is 491 g/mol. The molecule has 2 aromatic carbocycles. The lowest BCUT2D eigenvalue weighted by atomic mass is 10.1. The van der Waals surface area contributed by atoms with Crippen molar-refractivity contribution in [2.75, 3.05) is 33.0 Å². The van der Waals surface area contributed by atoms with Crippen molar-refractivity contribution in [1.82, 2.24) is 25.6 Å². The molecule has 0 aliphatic rings. The Morgan fingerprint density at radius 1 is 1.03 bits per heavy atom. The number of nitrogens with one attached hydrogen (secondary N) is 2. The molecule has 3 aromatic rings. The maximum atomic E-state index is 13.8. The number of hydrogen-bond donors (Lipinski definition) is 2. The molecule has 1 heterocycles. The molecule has 0 unspecified atom stereocenters. The Morgan fingerprint density at radius 3 is 2.63 bits per heavy atom. The number of nitrogens with zero attached hydrogens (tertiary/aromatic N) is 3. The van der Waals surface area contributed by atoms with Crippen LogP contribution in [-0.2, 0) is 11.3 Å². The fourth-order valence-corrected chi connectivity index (χ4v) is 3.02. The highest BCUT2D eigenvalue weighted by Crippen LogP contribution is 2.24. The number of hydrogen-bond acceptors (Lipinski definition) is 6. The summed E-state index contributed by atoms with van der Waals surface area (Å²) in [6.45, 7) is 1.50. The van der Waals surface area contributed by atoms with Gasteiger partial charge in [-0.25, -0.2) is 17.9 Å². The van der Waals surface area contributed by atoms with Crippen molar-refractivity contribution < 1.29 is 32.2 Å². The van der Waals surface area contributed by atoms with Crippen LogP contribution in [0.15, 0.2) is 42.6 Å². The van der Waals surface area contributed by atoms with E-state index in [0.717, 1.165) is 18.2 Å². The molecule has 0 bridgehead atoms. The first-order chi connectivity index (χ1) is 16.9. The van der Waals surface area contributed by atoms with Crippen molar-refractivity contribution in [1.29, 1.82) is 0 Å². The zero-order valence-corrected chi connectivity index (χ0v) is 18.9. The Bertz CT molecular complexity index is 1170. The predicted molar refractivity (Wildman–Crippen MR) is 119 cm³/mol. The summed E-state index contributed by atoms with van der Waals surface area (Å²) < 4.78 is 51.4. The molecule has 0 saturated carbocycles. The van der Waals surface area contributed by atoms with Crippen molar-refractivity contribution in [3.8, 4) is 11.4 Å². The molecule has 0 saturated heterocycles. The van der Waals surface area contributed by atoms with Gasteiger partial charge >= 0.3 is 0 Å². The monoisotopic (exact) mass is 491 g/mol. The van der Waals surface area contributed by atoms with Crippen LogP contribution in [0.1, 0.15) is 33.3 Å². The van der Waals surface area contributed by atoms with Gasteiger partial charge in [0.1, 0.15) is 36.4 Å². The second kappa shape index (κ2) is 12.5. The van der Waals surface area contributed by atoms with E-state index in [2.05, 4.69) is 20.9 Å². The second-order valence-corrected chi connectivity index (χ2v) is 7.16. The number of aromatic nitrogens is 3. The molecule has 0 spiro atoms. The standard InChI is InChI=1S/C23H24F3N5O4/c1-2-27-22(32)15-3-6-20(21(12-15)35-10-9-34-8-7-24)31-14-19(29-30-31)23(33)28-13-16-11-17(25)4-5-18(16)26/h3-6,11-12,14H,2,7-10,13H2,1H3,(H,27,32)(H,28,33). The van der Waals surface area contributed by atoms with E-state index in [9.17, 15) is 22.8 Å². The molecule has 0 atom stereocenters. The maximum absolute atomic E-state index is 13.8. The first-order valence-corrected chi connectivity index (χ1v) is 10.8. The SMILES string of the molecule is CCNC(=O)c1ccc(-n2cc(C(=O)NCc3cc(F)ccc3F)nn2)c(OCCOCCF)c1. The topological polar surface area (TPSA) is 107 Å². The van der Waals surface area contributed by atoms with Crippen LogP contribution >= 0.6 is 0 Å². The van der Waals surface area contributed by atoms with Gasteiger partial charge in [0.2, 0.25) is 0 Å². The Hall–Kier alpha value is -3.93. The lowest BCUT2D eigenvalue weighted by molar-refractivity contribution is 0.0894. The van der Waals surface area contributed by atoms with Crippen molar-refractivity contribution in [3.05, 3.63) is 71.1 Å². The Labute approximate surface area is 199 Å². The fourth-order valence-electron chi connectivity index (χ4n) is 3.02. The molecule has 0 radical (unpaired) electrons.